The lowest BCUT2D eigenvalue weighted by molar-refractivity contribution is 0.112. The molecule has 2 heterocycles. The maximum Gasteiger partial charge on any atom is 0.237 e. The number of imidazole rings is 1. The van der Waals surface area contributed by atoms with E-state index >= 15 is 0 Å². The fourth-order valence-corrected chi connectivity index (χ4v) is 3.32. The SMILES string of the molecule is COc1nc2nc(-c3ccccc3C=O)cn2c2c1CCCC2. The Hall–Kier alpha value is -2.69. The van der Waals surface area contributed by atoms with Gasteiger partial charge in [0.15, 0.2) is 6.29 Å². The Bertz CT molecular complexity index is 899. The van der Waals surface area contributed by atoms with Gasteiger partial charge in [-0.15, -0.1) is 0 Å². The van der Waals surface area contributed by atoms with Gasteiger partial charge in [-0.2, -0.15) is 4.98 Å². The molecule has 0 bridgehead atoms. The van der Waals surface area contributed by atoms with Crippen LogP contribution in [-0.4, -0.2) is 27.8 Å². The van der Waals surface area contributed by atoms with E-state index in [1.165, 1.54) is 11.3 Å². The molecule has 0 fully saturated rings. The van der Waals surface area contributed by atoms with Crippen molar-refractivity contribution in [2.24, 2.45) is 0 Å². The lowest BCUT2D eigenvalue weighted by Gasteiger charge is -2.18. The normalized spacial score (nSPS) is 13.8. The zero-order valence-corrected chi connectivity index (χ0v) is 13.0. The Labute approximate surface area is 134 Å². The van der Waals surface area contributed by atoms with Crippen LogP contribution in [-0.2, 0) is 12.8 Å². The molecular formula is C18H17N3O2. The highest BCUT2D eigenvalue weighted by molar-refractivity contribution is 5.86. The molecule has 2 aromatic heterocycles. The van der Waals surface area contributed by atoms with Crippen molar-refractivity contribution in [3.63, 3.8) is 0 Å². The largest absolute Gasteiger partial charge is 0.481 e. The maximum absolute atomic E-state index is 11.3. The Morgan fingerprint density at radius 3 is 2.83 bits per heavy atom. The van der Waals surface area contributed by atoms with Crippen LogP contribution in [0.15, 0.2) is 30.5 Å². The van der Waals surface area contributed by atoms with Gasteiger partial charge in [0.2, 0.25) is 11.7 Å². The molecule has 5 nitrogen and oxygen atoms in total. The number of hydrogen-bond acceptors (Lipinski definition) is 4. The van der Waals surface area contributed by atoms with Crippen LogP contribution in [0.25, 0.3) is 17.0 Å². The molecule has 4 rings (SSSR count). The summed E-state index contributed by atoms with van der Waals surface area (Å²) in [7, 11) is 1.65. The van der Waals surface area contributed by atoms with E-state index in [1.807, 2.05) is 28.8 Å². The first-order valence-corrected chi connectivity index (χ1v) is 7.81. The first kappa shape index (κ1) is 13.9. The average molecular weight is 307 g/mol. The second kappa shape index (κ2) is 5.50. The second-order valence-corrected chi connectivity index (χ2v) is 5.75. The minimum absolute atomic E-state index is 0.623. The van der Waals surface area contributed by atoms with Crippen molar-refractivity contribution in [1.29, 1.82) is 0 Å². The third kappa shape index (κ3) is 2.20. The Kier molecular flexibility index (Phi) is 3.33. The number of benzene rings is 1. The third-order valence-electron chi connectivity index (χ3n) is 4.43. The number of aryl methyl sites for hydroxylation is 1. The fourth-order valence-electron chi connectivity index (χ4n) is 3.32. The van der Waals surface area contributed by atoms with Gasteiger partial charge in [0.1, 0.15) is 0 Å². The van der Waals surface area contributed by atoms with Gasteiger partial charge in [-0.05, 0) is 25.7 Å². The number of methoxy groups -OCH3 is 1. The summed E-state index contributed by atoms with van der Waals surface area (Å²) in [5.74, 6) is 1.30. The quantitative estimate of drug-likeness (QED) is 0.698. The van der Waals surface area contributed by atoms with Gasteiger partial charge in [0.25, 0.3) is 0 Å². The van der Waals surface area contributed by atoms with Gasteiger partial charge >= 0.3 is 0 Å². The van der Waals surface area contributed by atoms with Crippen molar-refractivity contribution in [2.45, 2.75) is 25.7 Å². The first-order chi connectivity index (χ1) is 11.3. The van der Waals surface area contributed by atoms with Gasteiger partial charge in [-0.25, -0.2) is 4.98 Å². The predicted octanol–water partition coefficient (Wildman–Crippen LogP) is 3.10. The minimum atomic E-state index is 0.623. The van der Waals surface area contributed by atoms with Gasteiger partial charge in [0.05, 0.1) is 12.8 Å². The molecule has 116 valence electrons. The summed E-state index contributed by atoms with van der Waals surface area (Å²) < 4.78 is 7.51. The Balaban J connectivity index is 1.96. The highest BCUT2D eigenvalue weighted by Gasteiger charge is 2.21. The molecule has 5 heteroatoms. The van der Waals surface area contributed by atoms with Gasteiger partial charge in [-0.3, -0.25) is 9.20 Å². The second-order valence-electron chi connectivity index (χ2n) is 5.75. The highest BCUT2D eigenvalue weighted by atomic mass is 16.5. The summed E-state index contributed by atoms with van der Waals surface area (Å²) in [6, 6.07) is 7.48. The fraction of sp³-hybridized carbons (Fsp3) is 0.278. The van der Waals surface area contributed by atoms with Crippen LogP contribution in [0, 0.1) is 0 Å². The average Bonchev–Trinajstić information content (AvgIpc) is 3.05. The molecular weight excluding hydrogens is 290 g/mol. The highest BCUT2D eigenvalue weighted by Crippen LogP contribution is 2.31. The zero-order valence-electron chi connectivity index (χ0n) is 13.0. The topological polar surface area (TPSA) is 56.5 Å². The summed E-state index contributed by atoms with van der Waals surface area (Å²) in [6.07, 6.45) is 7.15. The van der Waals surface area contributed by atoms with Crippen LogP contribution in [0.2, 0.25) is 0 Å². The molecule has 0 saturated heterocycles. The molecule has 0 spiro atoms. The monoisotopic (exact) mass is 307 g/mol. The molecule has 1 aromatic carbocycles. The molecule has 1 aliphatic rings. The van der Waals surface area contributed by atoms with E-state index in [2.05, 4.69) is 9.97 Å². The lowest BCUT2D eigenvalue weighted by Crippen LogP contribution is -2.11. The smallest absolute Gasteiger partial charge is 0.237 e. The molecule has 0 saturated carbocycles. The van der Waals surface area contributed by atoms with Gasteiger partial charge in [0, 0.05) is 28.6 Å². The molecule has 0 aliphatic heterocycles. The van der Waals surface area contributed by atoms with E-state index in [9.17, 15) is 4.79 Å². The van der Waals surface area contributed by atoms with E-state index in [-0.39, 0.29) is 0 Å². The zero-order chi connectivity index (χ0) is 15.8. The number of aromatic nitrogens is 3. The number of ether oxygens (including phenoxy) is 1. The number of carbonyl (C=O) groups is 1. The Morgan fingerprint density at radius 2 is 2.00 bits per heavy atom. The van der Waals surface area contributed by atoms with Crippen molar-refractivity contribution >= 4 is 12.1 Å². The van der Waals surface area contributed by atoms with E-state index in [1.54, 1.807) is 13.2 Å². The molecule has 0 radical (unpaired) electrons. The van der Waals surface area contributed by atoms with Crippen molar-refractivity contribution in [2.75, 3.05) is 7.11 Å². The summed E-state index contributed by atoms with van der Waals surface area (Å²) in [5, 5.41) is 0. The maximum atomic E-state index is 11.3. The predicted molar refractivity (Wildman–Crippen MR) is 87.0 cm³/mol. The van der Waals surface area contributed by atoms with Crippen molar-refractivity contribution in [3.8, 4) is 17.1 Å². The molecule has 0 atom stereocenters. The van der Waals surface area contributed by atoms with Crippen LogP contribution >= 0.6 is 0 Å². The standard InChI is InChI=1S/C18H17N3O2/c1-23-17-14-8-4-5-9-16(14)21-10-15(19-18(21)20-17)13-7-3-2-6-12(13)11-22/h2-3,6-7,10-11H,4-5,8-9H2,1H3. The molecule has 23 heavy (non-hydrogen) atoms. The molecule has 0 unspecified atom stereocenters. The van der Waals surface area contributed by atoms with Crippen molar-refractivity contribution in [3.05, 3.63) is 47.3 Å². The third-order valence-corrected chi connectivity index (χ3v) is 4.43. The summed E-state index contributed by atoms with van der Waals surface area (Å²) in [5.41, 5.74) is 4.63. The van der Waals surface area contributed by atoms with Crippen LogP contribution in [0.5, 0.6) is 5.88 Å². The molecule has 0 amide bonds. The van der Waals surface area contributed by atoms with E-state index in [0.29, 0.717) is 17.2 Å². The first-order valence-electron chi connectivity index (χ1n) is 7.81. The Morgan fingerprint density at radius 1 is 1.17 bits per heavy atom. The summed E-state index contributed by atoms with van der Waals surface area (Å²) in [6.45, 7) is 0. The van der Waals surface area contributed by atoms with Gasteiger partial charge < -0.3 is 4.74 Å². The van der Waals surface area contributed by atoms with Crippen molar-refractivity contribution in [1.82, 2.24) is 14.4 Å². The minimum Gasteiger partial charge on any atom is -0.481 e. The molecule has 3 aromatic rings. The van der Waals surface area contributed by atoms with E-state index in [0.717, 1.165) is 43.2 Å². The molecule has 0 N–H and O–H groups in total. The summed E-state index contributed by atoms with van der Waals surface area (Å²) >= 11 is 0. The number of nitrogens with zero attached hydrogens (tertiary/aromatic N) is 3. The van der Waals surface area contributed by atoms with E-state index in [4.69, 9.17) is 4.74 Å². The van der Waals surface area contributed by atoms with Crippen LogP contribution in [0.1, 0.15) is 34.5 Å². The van der Waals surface area contributed by atoms with Crippen LogP contribution < -0.4 is 4.74 Å². The van der Waals surface area contributed by atoms with Crippen LogP contribution in [0.4, 0.5) is 0 Å². The summed E-state index contributed by atoms with van der Waals surface area (Å²) in [4.78, 5) is 20.4. The number of rotatable bonds is 3. The number of hydrogen-bond donors (Lipinski definition) is 0. The number of carbonyl (C=O) groups excluding carboxylic acids is 1. The number of fused-ring (bicyclic) bond motifs is 3. The van der Waals surface area contributed by atoms with Gasteiger partial charge in [-0.1, -0.05) is 24.3 Å². The van der Waals surface area contributed by atoms with E-state index < -0.39 is 0 Å². The van der Waals surface area contributed by atoms with Crippen molar-refractivity contribution < 1.29 is 9.53 Å². The lowest BCUT2D eigenvalue weighted by atomic mass is 9.97. The number of aldehydes is 1. The molecule has 1 aliphatic carbocycles. The van der Waals surface area contributed by atoms with Crippen LogP contribution in [0.3, 0.4) is 0 Å².